The quantitative estimate of drug-likeness (QED) is 0.516. The molecule has 0 aliphatic carbocycles. The van der Waals surface area contributed by atoms with Gasteiger partial charge in [0.1, 0.15) is 6.54 Å². The van der Waals surface area contributed by atoms with E-state index in [-0.39, 0.29) is 18.1 Å². The van der Waals surface area contributed by atoms with Crippen LogP contribution in [0.15, 0.2) is 41.5 Å². The first-order valence-electron chi connectivity index (χ1n) is 10.8. The third kappa shape index (κ3) is 4.59. The molecule has 3 heterocycles. The molecule has 0 spiro atoms. The second-order valence-corrected chi connectivity index (χ2v) is 7.84. The number of hydrogen-bond donors (Lipinski definition) is 1. The SMILES string of the molecule is COCCCNC(=O)Cn1nc2c(N3CCN(c4ccccc4C)CC3)nccn2c1=O. The highest BCUT2D eigenvalue weighted by Crippen LogP contribution is 2.23. The zero-order valence-electron chi connectivity index (χ0n) is 18.5. The third-order valence-corrected chi connectivity index (χ3v) is 5.66. The van der Waals surface area contributed by atoms with Gasteiger partial charge in [-0.05, 0) is 25.0 Å². The monoisotopic (exact) mass is 439 g/mol. The fraction of sp³-hybridized carbons (Fsp3) is 0.455. The number of aromatic nitrogens is 4. The van der Waals surface area contributed by atoms with Crippen molar-refractivity contribution in [3.05, 3.63) is 52.7 Å². The summed E-state index contributed by atoms with van der Waals surface area (Å²) in [5, 5.41) is 7.21. The number of nitrogens with zero attached hydrogens (tertiary/aromatic N) is 6. The number of carbonyl (C=O) groups excluding carboxylic acids is 1. The van der Waals surface area contributed by atoms with Crippen molar-refractivity contribution in [3.63, 3.8) is 0 Å². The third-order valence-electron chi connectivity index (χ3n) is 5.66. The van der Waals surface area contributed by atoms with Gasteiger partial charge in [-0.15, -0.1) is 5.10 Å². The van der Waals surface area contributed by atoms with Crippen molar-refractivity contribution in [2.75, 3.05) is 56.2 Å². The lowest BCUT2D eigenvalue weighted by Gasteiger charge is -2.37. The minimum absolute atomic E-state index is 0.131. The van der Waals surface area contributed by atoms with Crippen LogP contribution in [0.2, 0.25) is 0 Å². The summed E-state index contributed by atoms with van der Waals surface area (Å²) >= 11 is 0. The highest BCUT2D eigenvalue weighted by atomic mass is 16.5. The van der Waals surface area contributed by atoms with Crippen LogP contribution in [0.3, 0.4) is 0 Å². The zero-order chi connectivity index (χ0) is 22.5. The molecule has 10 nitrogen and oxygen atoms in total. The summed E-state index contributed by atoms with van der Waals surface area (Å²) in [7, 11) is 1.62. The Bertz CT molecular complexity index is 1130. The van der Waals surface area contributed by atoms with E-state index in [0.717, 1.165) is 26.2 Å². The fourth-order valence-electron chi connectivity index (χ4n) is 3.98. The smallest absolute Gasteiger partial charge is 0.350 e. The maximum absolute atomic E-state index is 12.8. The summed E-state index contributed by atoms with van der Waals surface area (Å²) in [6.45, 7) is 6.28. The minimum atomic E-state index is -0.353. The fourth-order valence-corrected chi connectivity index (χ4v) is 3.98. The number of ether oxygens (including phenoxy) is 1. The van der Waals surface area contributed by atoms with Gasteiger partial charge in [-0.1, -0.05) is 18.2 Å². The van der Waals surface area contributed by atoms with Crippen LogP contribution >= 0.6 is 0 Å². The maximum atomic E-state index is 12.8. The number of anilines is 2. The van der Waals surface area contributed by atoms with Crippen LogP contribution in [0.4, 0.5) is 11.5 Å². The van der Waals surface area contributed by atoms with Gasteiger partial charge in [0.2, 0.25) is 11.6 Å². The van der Waals surface area contributed by atoms with E-state index >= 15 is 0 Å². The number of amides is 1. The van der Waals surface area contributed by atoms with E-state index < -0.39 is 0 Å². The molecule has 4 rings (SSSR count). The van der Waals surface area contributed by atoms with Crippen LogP contribution < -0.4 is 20.8 Å². The lowest BCUT2D eigenvalue weighted by Crippen LogP contribution is -2.47. The molecular formula is C22H29N7O3. The molecule has 0 unspecified atom stereocenters. The molecule has 1 aromatic carbocycles. The van der Waals surface area contributed by atoms with Gasteiger partial charge in [0.25, 0.3) is 0 Å². The molecule has 1 fully saturated rings. The Morgan fingerprint density at radius 2 is 1.91 bits per heavy atom. The summed E-state index contributed by atoms with van der Waals surface area (Å²) in [6, 6.07) is 8.37. The number of methoxy groups -OCH3 is 1. The van der Waals surface area contributed by atoms with Crippen LogP contribution in [-0.2, 0) is 16.1 Å². The number of fused-ring (bicyclic) bond motifs is 1. The highest BCUT2D eigenvalue weighted by molar-refractivity contribution is 5.75. The van der Waals surface area contributed by atoms with E-state index in [1.165, 1.54) is 20.3 Å². The van der Waals surface area contributed by atoms with Gasteiger partial charge < -0.3 is 19.9 Å². The predicted molar refractivity (Wildman–Crippen MR) is 122 cm³/mol. The first-order valence-corrected chi connectivity index (χ1v) is 10.8. The number of piperazine rings is 1. The van der Waals surface area contributed by atoms with Crippen molar-refractivity contribution >= 4 is 23.1 Å². The van der Waals surface area contributed by atoms with E-state index in [2.05, 4.69) is 50.3 Å². The maximum Gasteiger partial charge on any atom is 0.350 e. The molecule has 10 heteroatoms. The van der Waals surface area contributed by atoms with Crippen molar-refractivity contribution in [2.24, 2.45) is 0 Å². The first-order chi connectivity index (χ1) is 15.6. The molecular weight excluding hydrogens is 410 g/mol. The minimum Gasteiger partial charge on any atom is -0.385 e. The Hall–Kier alpha value is -3.40. The molecule has 1 aliphatic heterocycles. The van der Waals surface area contributed by atoms with Crippen molar-refractivity contribution in [1.29, 1.82) is 0 Å². The molecule has 0 radical (unpaired) electrons. The van der Waals surface area contributed by atoms with Crippen LogP contribution in [0.25, 0.3) is 5.65 Å². The van der Waals surface area contributed by atoms with Gasteiger partial charge in [0.15, 0.2) is 5.82 Å². The molecule has 0 atom stereocenters. The van der Waals surface area contributed by atoms with E-state index in [4.69, 9.17) is 4.74 Å². The van der Waals surface area contributed by atoms with E-state index in [1.807, 2.05) is 6.07 Å². The topological polar surface area (TPSA) is 97.0 Å². The Morgan fingerprint density at radius 1 is 1.16 bits per heavy atom. The van der Waals surface area contributed by atoms with E-state index in [9.17, 15) is 9.59 Å². The van der Waals surface area contributed by atoms with Crippen molar-refractivity contribution in [1.82, 2.24) is 24.5 Å². The van der Waals surface area contributed by atoms with Crippen LogP contribution in [0, 0.1) is 6.92 Å². The second-order valence-electron chi connectivity index (χ2n) is 7.84. The van der Waals surface area contributed by atoms with Crippen LogP contribution in [0.1, 0.15) is 12.0 Å². The Balaban J connectivity index is 1.47. The van der Waals surface area contributed by atoms with Gasteiger partial charge in [-0.2, -0.15) is 0 Å². The Labute approximate surface area is 186 Å². The Morgan fingerprint density at radius 3 is 2.66 bits per heavy atom. The summed E-state index contributed by atoms with van der Waals surface area (Å²) < 4.78 is 7.62. The van der Waals surface area contributed by atoms with E-state index in [0.29, 0.717) is 31.0 Å². The molecule has 170 valence electrons. The highest BCUT2D eigenvalue weighted by Gasteiger charge is 2.23. The first kappa shape index (κ1) is 21.8. The number of para-hydroxylation sites is 1. The normalized spacial score (nSPS) is 14.2. The molecule has 0 bridgehead atoms. The van der Waals surface area contributed by atoms with Crippen molar-refractivity contribution in [2.45, 2.75) is 19.9 Å². The number of nitrogens with one attached hydrogen (secondary N) is 1. The molecule has 0 saturated carbocycles. The van der Waals surface area contributed by atoms with Crippen LogP contribution in [0.5, 0.6) is 0 Å². The second kappa shape index (κ2) is 9.82. The lowest BCUT2D eigenvalue weighted by atomic mass is 10.1. The molecule has 1 amide bonds. The summed E-state index contributed by atoms with van der Waals surface area (Å²) in [6.07, 6.45) is 3.91. The number of rotatable bonds is 8. The van der Waals surface area contributed by atoms with Gasteiger partial charge in [-0.25, -0.2) is 18.9 Å². The molecule has 3 aromatic rings. The number of carbonyl (C=O) groups is 1. The summed E-state index contributed by atoms with van der Waals surface area (Å²) in [4.78, 5) is 34.0. The van der Waals surface area contributed by atoms with Crippen LogP contribution in [-0.4, -0.2) is 71.5 Å². The largest absolute Gasteiger partial charge is 0.385 e. The molecule has 1 aliphatic rings. The van der Waals surface area contributed by atoms with Crippen molar-refractivity contribution in [3.8, 4) is 0 Å². The Kier molecular flexibility index (Phi) is 6.69. The van der Waals surface area contributed by atoms with Gasteiger partial charge in [-0.3, -0.25) is 4.79 Å². The lowest BCUT2D eigenvalue weighted by molar-refractivity contribution is -0.121. The average Bonchev–Trinajstić information content (AvgIpc) is 3.12. The number of hydrogen-bond acceptors (Lipinski definition) is 7. The van der Waals surface area contributed by atoms with Crippen molar-refractivity contribution < 1.29 is 9.53 Å². The van der Waals surface area contributed by atoms with Gasteiger partial charge >= 0.3 is 5.69 Å². The zero-order valence-corrected chi connectivity index (χ0v) is 18.5. The summed E-state index contributed by atoms with van der Waals surface area (Å²) in [5.41, 5.74) is 2.62. The number of benzene rings is 1. The van der Waals surface area contributed by atoms with Gasteiger partial charge in [0.05, 0.1) is 0 Å². The van der Waals surface area contributed by atoms with Gasteiger partial charge in [0, 0.05) is 64.5 Å². The average molecular weight is 440 g/mol. The molecule has 32 heavy (non-hydrogen) atoms. The summed E-state index contributed by atoms with van der Waals surface area (Å²) in [5.74, 6) is 0.404. The molecule has 1 N–H and O–H groups in total. The predicted octanol–water partition coefficient (Wildman–Crippen LogP) is 0.679. The molecule has 2 aromatic heterocycles. The molecule has 1 saturated heterocycles. The standard InChI is InChI=1S/C22H29N7O3/c1-17-6-3-4-7-18(17)26-11-13-27(14-12-26)20-21-25-29(22(31)28(21)10-9-24-20)16-19(30)23-8-5-15-32-2/h3-4,6-7,9-10H,5,8,11-16H2,1-2H3,(H,23,30). The van der Waals surface area contributed by atoms with E-state index in [1.54, 1.807) is 19.5 Å². The number of aryl methyl sites for hydroxylation is 1.